The van der Waals surface area contributed by atoms with Gasteiger partial charge in [-0.05, 0) is 216 Å². The molecule has 0 N–H and O–H groups in total. The monoisotopic (exact) mass is 1430 g/mol. The van der Waals surface area contributed by atoms with E-state index in [1.807, 2.05) is 0 Å². The third-order valence-corrected chi connectivity index (χ3v) is 25.9. The van der Waals surface area contributed by atoms with Crippen molar-refractivity contribution < 1.29 is 0 Å². The normalized spacial score (nSPS) is 13.9. The van der Waals surface area contributed by atoms with Crippen molar-refractivity contribution in [2.45, 2.75) is 16.2 Å². The molecule has 0 aromatic heterocycles. The summed E-state index contributed by atoms with van der Waals surface area (Å²) in [5.41, 5.74) is 45.3. The molecule has 0 atom stereocenters. The molecule has 18 aromatic carbocycles. The van der Waals surface area contributed by atoms with Crippen molar-refractivity contribution in [3.8, 4) is 111 Å². The highest BCUT2D eigenvalue weighted by molar-refractivity contribution is 6.06. The number of benzene rings is 18. The first-order valence-electron chi connectivity index (χ1n) is 39.5. The molecule has 113 heavy (non-hydrogen) atoms. The minimum absolute atomic E-state index is 0.492. The quantitative estimate of drug-likeness (QED) is 0.135. The molecule has 0 saturated heterocycles. The first-order valence-corrected chi connectivity index (χ1v) is 39.5. The molecule has 0 heterocycles. The van der Waals surface area contributed by atoms with Gasteiger partial charge in [0.1, 0.15) is 0 Å². The molecule has 6 aliphatic rings. The van der Waals surface area contributed by atoms with Crippen LogP contribution in [0.5, 0.6) is 0 Å². The standard InChI is InChI=1S/C111H70N2/c1-2-30-72(31-3-1)79-36-13-24-58-103(79)112(105-60-28-56-100-107(105)89-45-11-22-54-98(89)109(100)91-47-15-4-38-81(91)82-39-5-16-48-92(82)109)77-64-62-71(63-65-77)73-32-26-33-74(68-73)75-34-27-35-76(69-75)80-37-14-25-59-104(80)113(78-66-67-88-87-44-10-21-53-97(87)111(102(88)70-78)95-51-19-8-42-85(95)86-43-9-20-52-96(86)111)106-61-29-57-101-108(106)90-46-12-23-55-99(90)110(101)93-49-17-6-40-83(93)84-41-7-18-50-94(84)110/h1-70H. The number of rotatable bonds is 10. The third kappa shape index (κ3) is 8.62. The summed E-state index contributed by atoms with van der Waals surface area (Å²) >= 11 is 0. The summed E-state index contributed by atoms with van der Waals surface area (Å²) in [6, 6.07) is 161. The van der Waals surface area contributed by atoms with Gasteiger partial charge in [0.15, 0.2) is 0 Å². The van der Waals surface area contributed by atoms with E-state index in [0.29, 0.717) is 0 Å². The third-order valence-electron chi connectivity index (χ3n) is 25.9. The minimum atomic E-state index is -0.551. The van der Waals surface area contributed by atoms with Crippen LogP contribution in [0.25, 0.3) is 111 Å². The lowest BCUT2D eigenvalue weighted by Crippen LogP contribution is -2.26. The molecule has 6 aliphatic carbocycles. The van der Waals surface area contributed by atoms with Gasteiger partial charge in [0.2, 0.25) is 0 Å². The van der Waals surface area contributed by atoms with Crippen LogP contribution in [-0.2, 0) is 16.2 Å². The molecule has 0 saturated carbocycles. The van der Waals surface area contributed by atoms with Crippen LogP contribution in [0.3, 0.4) is 0 Å². The van der Waals surface area contributed by atoms with E-state index in [-0.39, 0.29) is 0 Å². The molecule has 24 rings (SSSR count). The van der Waals surface area contributed by atoms with Crippen LogP contribution in [0.15, 0.2) is 425 Å². The van der Waals surface area contributed by atoms with Gasteiger partial charge in [-0.3, -0.25) is 0 Å². The lowest BCUT2D eigenvalue weighted by molar-refractivity contribution is 0.793. The fourth-order valence-electron chi connectivity index (χ4n) is 21.6. The molecule has 0 unspecified atom stereocenters. The fraction of sp³-hybridized carbons (Fsp3) is 0.0270. The van der Waals surface area contributed by atoms with Gasteiger partial charge < -0.3 is 9.80 Å². The summed E-state index contributed by atoms with van der Waals surface area (Å²) in [6.45, 7) is 0. The number of nitrogens with zero attached hydrogens (tertiary/aromatic N) is 2. The maximum Gasteiger partial charge on any atom is 0.0726 e. The van der Waals surface area contributed by atoms with Gasteiger partial charge in [0, 0.05) is 33.6 Å². The van der Waals surface area contributed by atoms with E-state index in [2.05, 4.69) is 434 Å². The topological polar surface area (TPSA) is 6.48 Å². The van der Waals surface area contributed by atoms with Crippen molar-refractivity contribution in [3.05, 3.63) is 491 Å². The first kappa shape index (κ1) is 63.5. The molecule has 0 amide bonds. The van der Waals surface area contributed by atoms with Crippen LogP contribution >= 0.6 is 0 Å². The lowest BCUT2D eigenvalue weighted by atomic mass is 9.70. The summed E-state index contributed by atoms with van der Waals surface area (Å²) in [5, 5.41) is 0. The Kier molecular flexibility index (Phi) is 13.6. The smallest absolute Gasteiger partial charge is 0.0726 e. The van der Waals surface area contributed by atoms with E-state index in [4.69, 9.17) is 0 Å². The molecule has 0 bridgehead atoms. The van der Waals surface area contributed by atoms with E-state index in [0.717, 1.165) is 78.6 Å². The second-order valence-electron chi connectivity index (χ2n) is 31.1. The zero-order valence-electron chi connectivity index (χ0n) is 61.8. The van der Waals surface area contributed by atoms with Crippen LogP contribution in [0.4, 0.5) is 34.1 Å². The van der Waals surface area contributed by atoms with Crippen LogP contribution in [-0.4, -0.2) is 0 Å². The van der Waals surface area contributed by atoms with Crippen molar-refractivity contribution in [2.24, 2.45) is 0 Å². The molecule has 18 aromatic rings. The Hall–Kier alpha value is -14.4. The molecule has 524 valence electrons. The maximum atomic E-state index is 2.62. The predicted octanol–water partition coefficient (Wildman–Crippen LogP) is 28.3. The van der Waals surface area contributed by atoms with Gasteiger partial charge in [0.05, 0.1) is 39.0 Å². The van der Waals surface area contributed by atoms with E-state index < -0.39 is 16.2 Å². The molecule has 2 nitrogen and oxygen atoms in total. The van der Waals surface area contributed by atoms with Crippen molar-refractivity contribution >= 4 is 34.1 Å². The molecule has 3 spiro atoms. The summed E-state index contributed by atoms with van der Waals surface area (Å²) < 4.78 is 0. The van der Waals surface area contributed by atoms with Gasteiger partial charge in [-0.15, -0.1) is 0 Å². The molecular weight excluding hydrogens is 1360 g/mol. The Morgan fingerprint density at radius 3 is 0.805 bits per heavy atom. The van der Waals surface area contributed by atoms with Gasteiger partial charge in [-0.25, -0.2) is 0 Å². The van der Waals surface area contributed by atoms with Crippen molar-refractivity contribution in [1.82, 2.24) is 0 Å². The minimum Gasteiger partial charge on any atom is -0.309 e. The number of hydrogen-bond acceptors (Lipinski definition) is 2. The number of anilines is 6. The van der Waals surface area contributed by atoms with Crippen molar-refractivity contribution in [3.63, 3.8) is 0 Å². The SMILES string of the molecule is c1ccc(-c2ccccc2N(c2ccc(-c3cccc(-c4cccc(-c5ccccc5N(c5ccc6c(c5)C5(c7ccccc7-c7ccccc75)c5ccccc5-6)c5cccc6c5-c5ccccc5C65c6ccccc6-c6ccccc65)c4)c3)cc2)c2cccc3c2-c2ccccc2C32c3ccccc3-c3ccccc32)cc1. The number of para-hydroxylation sites is 2. The highest BCUT2D eigenvalue weighted by Gasteiger charge is 2.56. The van der Waals surface area contributed by atoms with E-state index >= 15 is 0 Å². The summed E-state index contributed by atoms with van der Waals surface area (Å²) in [5.74, 6) is 0. The van der Waals surface area contributed by atoms with Crippen LogP contribution in [0.2, 0.25) is 0 Å². The second-order valence-corrected chi connectivity index (χ2v) is 31.1. The Morgan fingerprint density at radius 1 is 0.133 bits per heavy atom. The van der Waals surface area contributed by atoms with E-state index in [1.54, 1.807) is 0 Å². The summed E-state index contributed by atoms with van der Waals surface area (Å²) in [6.07, 6.45) is 0. The molecular formula is C111H70N2. The molecule has 0 fully saturated rings. The summed E-state index contributed by atoms with van der Waals surface area (Å²) in [7, 11) is 0. The second kappa shape index (κ2) is 24.3. The van der Waals surface area contributed by atoms with Gasteiger partial charge >= 0.3 is 0 Å². The maximum absolute atomic E-state index is 2.62. The van der Waals surface area contributed by atoms with E-state index in [9.17, 15) is 0 Å². The first-order chi connectivity index (χ1) is 56.1. The van der Waals surface area contributed by atoms with Crippen LogP contribution < -0.4 is 9.80 Å². The molecule has 0 aliphatic heterocycles. The van der Waals surface area contributed by atoms with Crippen LogP contribution in [0, 0.1) is 0 Å². The van der Waals surface area contributed by atoms with Crippen molar-refractivity contribution in [1.29, 1.82) is 0 Å². The van der Waals surface area contributed by atoms with Gasteiger partial charge in [-0.1, -0.05) is 364 Å². The predicted molar refractivity (Wildman–Crippen MR) is 466 cm³/mol. The average molecular weight is 1430 g/mol. The van der Waals surface area contributed by atoms with E-state index in [1.165, 1.54) is 134 Å². The summed E-state index contributed by atoms with van der Waals surface area (Å²) in [4.78, 5) is 5.14. The Labute approximate surface area is 658 Å². The van der Waals surface area contributed by atoms with Gasteiger partial charge in [0.25, 0.3) is 0 Å². The van der Waals surface area contributed by atoms with Crippen LogP contribution in [0.1, 0.15) is 66.8 Å². The Balaban J connectivity index is 0.654. The molecule has 0 radical (unpaired) electrons. The molecule has 2 heteroatoms. The number of fused-ring (bicyclic) bond motifs is 30. The van der Waals surface area contributed by atoms with Gasteiger partial charge in [-0.2, -0.15) is 0 Å². The van der Waals surface area contributed by atoms with Crippen molar-refractivity contribution in [2.75, 3.05) is 9.80 Å². The zero-order valence-corrected chi connectivity index (χ0v) is 61.8. The zero-order chi connectivity index (χ0) is 74.1. The lowest BCUT2D eigenvalue weighted by Gasteiger charge is -2.34. The highest BCUT2D eigenvalue weighted by atomic mass is 15.2. The fourth-order valence-corrected chi connectivity index (χ4v) is 21.6. The largest absolute Gasteiger partial charge is 0.309 e. The number of hydrogen-bond donors (Lipinski definition) is 0. The Morgan fingerprint density at radius 2 is 0.389 bits per heavy atom. The Bertz CT molecular complexity index is 6880. The average Bonchev–Trinajstić information content (AvgIpc) is 1.52. The highest BCUT2D eigenvalue weighted by Crippen LogP contribution is 2.69.